The maximum Gasteiger partial charge on any atom is 0.379 e. The minimum atomic E-state index is -3.70. The van der Waals surface area contributed by atoms with E-state index in [0.29, 0.717) is 17.1 Å². The van der Waals surface area contributed by atoms with Crippen LogP contribution in [-0.2, 0) is 14.6 Å². The summed E-state index contributed by atoms with van der Waals surface area (Å²) in [5, 5.41) is 10.6. The van der Waals surface area contributed by atoms with Crippen LogP contribution in [0.5, 0.6) is 11.5 Å². The first-order chi connectivity index (χ1) is 16.1. The van der Waals surface area contributed by atoms with Crippen LogP contribution >= 0.6 is 11.5 Å². The molecule has 1 amide bonds. The summed E-state index contributed by atoms with van der Waals surface area (Å²) in [6, 6.07) is 9.18. The van der Waals surface area contributed by atoms with E-state index in [9.17, 15) is 23.3 Å². The van der Waals surface area contributed by atoms with Crippen LogP contribution in [-0.4, -0.2) is 42.0 Å². The molecule has 0 aliphatic carbocycles. The first-order valence-electron chi connectivity index (χ1n) is 9.60. The maximum absolute atomic E-state index is 12.5. The smallest absolute Gasteiger partial charge is 0.379 e. The van der Waals surface area contributed by atoms with Gasteiger partial charge in [-0.2, -0.15) is 14.6 Å². The topological polar surface area (TPSA) is 161 Å². The number of hydrogen-bond acceptors (Lipinski definition) is 11. The summed E-state index contributed by atoms with van der Waals surface area (Å²) >= 11 is 0.684. The van der Waals surface area contributed by atoms with Crippen molar-refractivity contribution in [2.45, 2.75) is 24.3 Å². The molecule has 11 nitrogen and oxygen atoms in total. The van der Waals surface area contributed by atoms with Crippen molar-refractivity contribution in [2.24, 2.45) is 0 Å². The molecule has 0 aliphatic rings. The van der Waals surface area contributed by atoms with Gasteiger partial charge in [-0.25, -0.2) is 13.2 Å². The van der Waals surface area contributed by atoms with E-state index in [2.05, 4.69) is 14.7 Å². The number of amides is 1. The largest absolute Gasteiger partial charge is 0.493 e. The second-order valence-corrected chi connectivity index (χ2v) is 10.0. The Balaban J connectivity index is 1.78. The van der Waals surface area contributed by atoms with E-state index in [1.54, 1.807) is 12.1 Å². The van der Waals surface area contributed by atoms with Crippen LogP contribution < -0.4 is 14.8 Å². The molecular formula is C21H18N4O7S2. The van der Waals surface area contributed by atoms with Gasteiger partial charge in [-0.3, -0.25) is 10.1 Å². The molecule has 0 fully saturated rings. The molecule has 2 aromatic heterocycles. The first kappa shape index (κ1) is 24.6. The van der Waals surface area contributed by atoms with Crippen molar-refractivity contribution < 1.29 is 31.9 Å². The molecule has 0 atom stereocenters. The zero-order chi connectivity index (χ0) is 24.9. The maximum atomic E-state index is 12.5. The van der Waals surface area contributed by atoms with E-state index in [-0.39, 0.29) is 28.0 Å². The highest BCUT2D eigenvalue weighted by atomic mass is 32.2. The molecule has 3 rings (SSSR count). The minimum Gasteiger partial charge on any atom is -0.493 e. The molecule has 2 heterocycles. The van der Waals surface area contributed by atoms with E-state index in [4.69, 9.17) is 13.9 Å². The van der Waals surface area contributed by atoms with Gasteiger partial charge >= 0.3 is 5.97 Å². The highest BCUT2D eigenvalue weighted by Gasteiger charge is 2.25. The fraction of sp³-hybridized carbons (Fsp3) is 0.190. The lowest BCUT2D eigenvalue weighted by Gasteiger charge is -2.09. The number of esters is 1. The monoisotopic (exact) mass is 502 g/mol. The molecule has 13 heteroatoms. The molecule has 0 aliphatic heterocycles. The third-order valence-electron chi connectivity index (χ3n) is 4.29. The van der Waals surface area contributed by atoms with E-state index in [0.717, 1.165) is 0 Å². The summed E-state index contributed by atoms with van der Waals surface area (Å²) in [6.45, 7) is 2.98. The summed E-state index contributed by atoms with van der Waals surface area (Å²) < 4.78 is 43.5. The number of anilines is 1. The van der Waals surface area contributed by atoms with Gasteiger partial charge < -0.3 is 13.9 Å². The number of carbonyl (C=O) groups excluding carboxylic acids is 2. The number of nitrogens with zero attached hydrogens (tertiary/aromatic N) is 3. The van der Waals surface area contributed by atoms with Gasteiger partial charge in [0.15, 0.2) is 11.5 Å². The quantitative estimate of drug-likeness (QED) is 0.210. The van der Waals surface area contributed by atoms with Gasteiger partial charge in [0.05, 0.1) is 18.6 Å². The van der Waals surface area contributed by atoms with Gasteiger partial charge in [-0.05, 0) is 49.8 Å². The fourth-order valence-electron chi connectivity index (χ4n) is 2.47. The van der Waals surface area contributed by atoms with Gasteiger partial charge in [0.25, 0.3) is 11.1 Å². The number of nitriles is 1. The van der Waals surface area contributed by atoms with Crippen molar-refractivity contribution >= 4 is 44.5 Å². The Bertz CT molecular complexity index is 1380. The number of rotatable bonds is 8. The van der Waals surface area contributed by atoms with E-state index in [1.165, 1.54) is 57.6 Å². The van der Waals surface area contributed by atoms with Crippen LogP contribution in [0.15, 0.2) is 51.7 Å². The summed E-state index contributed by atoms with van der Waals surface area (Å²) in [5.74, 6) is -1.23. The van der Waals surface area contributed by atoms with Crippen LogP contribution in [0.1, 0.15) is 30.0 Å². The van der Waals surface area contributed by atoms with E-state index < -0.39 is 32.1 Å². The van der Waals surface area contributed by atoms with Crippen molar-refractivity contribution in [3.8, 4) is 17.6 Å². The third kappa shape index (κ3) is 5.48. The van der Waals surface area contributed by atoms with Crippen molar-refractivity contribution in [1.82, 2.24) is 9.36 Å². The van der Waals surface area contributed by atoms with Gasteiger partial charge in [-0.1, -0.05) is 6.07 Å². The van der Waals surface area contributed by atoms with E-state index >= 15 is 0 Å². The molecule has 0 saturated heterocycles. The SMILES string of the molecule is COc1cc(/C=C(/C#N)C(=O)Nc2nc(S(=O)(=O)C(C)C)ns2)ccc1OC(=O)c1ccco1. The van der Waals surface area contributed by atoms with E-state index in [1.807, 2.05) is 0 Å². The summed E-state index contributed by atoms with van der Waals surface area (Å²) in [4.78, 5) is 28.4. The number of sulfone groups is 1. The molecule has 176 valence electrons. The Labute approximate surface area is 198 Å². The van der Waals surface area contributed by atoms with Crippen LogP contribution in [0.4, 0.5) is 5.13 Å². The predicted molar refractivity (Wildman–Crippen MR) is 121 cm³/mol. The number of ether oxygens (including phenoxy) is 2. The first-order valence-corrected chi connectivity index (χ1v) is 11.9. The van der Waals surface area contributed by atoms with Crippen LogP contribution in [0.2, 0.25) is 0 Å². The molecule has 1 aromatic carbocycles. The molecular weight excluding hydrogens is 484 g/mol. The number of nitrogens with one attached hydrogen (secondary N) is 1. The molecule has 34 heavy (non-hydrogen) atoms. The van der Waals surface area contributed by atoms with Crippen molar-refractivity contribution in [1.29, 1.82) is 5.26 Å². The Kier molecular flexibility index (Phi) is 7.44. The standard InChI is InChI=1S/C21H18N4O7S2/c1-12(2)34(28,29)21-24-20(33-25-21)23-18(26)14(11-22)9-13-6-7-15(17(10-13)30-3)32-19(27)16-5-4-8-31-16/h4-10,12H,1-3H3,(H,23,24,25,26)/b14-9-. The highest BCUT2D eigenvalue weighted by Crippen LogP contribution is 2.30. The number of furan rings is 1. The molecule has 0 spiro atoms. The molecule has 0 radical (unpaired) electrons. The predicted octanol–water partition coefficient (Wildman–Crippen LogP) is 3.09. The second-order valence-electron chi connectivity index (χ2n) is 6.88. The van der Waals surface area contributed by atoms with Gasteiger partial charge in [0.2, 0.25) is 20.7 Å². The summed E-state index contributed by atoms with van der Waals surface area (Å²) in [5.41, 5.74) is 0.118. The van der Waals surface area contributed by atoms with Gasteiger partial charge in [0, 0.05) is 11.5 Å². The van der Waals surface area contributed by atoms with Crippen LogP contribution in [0.25, 0.3) is 6.08 Å². The van der Waals surface area contributed by atoms with Crippen LogP contribution in [0.3, 0.4) is 0 Å². The normalized spacial score (nSPS) is 11.7. The Morgan fingerprint density at radius 2 is 2.03 bits per heavy atom. The average Bonchev–Trinajstić information content (AvgIpc) is 3.50. The third-order valence-corrected chi connectivity index (χ3v) is 6.97. The van der Waals surface area contributed by atoms with Crippen LogP contribution in [0, 0.1) is 11.3 Å². The van der Waals surface area contributed by atoms with Crippen molar-refractivity contribution in [3.63, 3.8) is 0 Å². The molecule has 0 bridgehead atoms. The Morgan fingerprint density at radius 3 is 2.65 bits per heavy atom. The summed E-state index contributed by atoms with van der Waals surface area (Å²) in [6.07, 6.45) is 2.62. The van der Waals surface area contributed by atoms with Crippen molar-refractivity contribution in [2.75, 3.05) is 12.4 Å². The zero-order valence-corrected chi connectivity index (χ0v) is 19.8. The average molecular weight is 503 g/mol. The minimum absolute atomic E-state index is 0.00971. The Morgan fingerprint density at radius 1 is 1.26 bits per heavy atom. The number of benzene rings is 1. The fourth-order valence-corrected chi connectivity index (χ4v) is 4.17. The molecule has 0 saturated carbocycles. The molecule has 0 unspecified atom stereocenters. The summed E-state index contributed by atoms with van der Waals surface area (Å²) in [7, 11) is -2.34. The molecule has 3 aromatic rings. The zero-order valence-electron chi connectivity index (χ0n) is 18.1. The lowest BCUT2D eigenvalue weighted by atomic mass is 10.1. The number of methoxy groups -OCH3 is 1. The second kappa shape index (κ2) is 10.3. The van der Waals surface area contributed by atoms with Gasteiger partial charge in [-0.15, -0.1) is 0 Å². The Hall–Kier alpha value is -4.02. The van der Waals surface area contributed by atoms with Crippen molar-refractivity contribution in [3.05, 3.63) is 53.5 Å². The highest BCUT2D eigenvalue weighted by molar-refractivity contribution is 7.91. The lowest BCUT2D eigenvalue weighted by Crippen LogP contribution is -2.16. The van der Waals surface area contributed by atoms with Gasteiger partial charge in [0.1, 0.15) is 11.6 Å². The number of hydrogen-bond donors (Lipinski definition) is 1. The number of carbonyl (C=O) groups is 2. The molecule has 1 N–H and O–H groups in total. The lowest BCUT2D eigenvalue weighted by molar-refractivity contribution is -0.112. The number of aromatic nitrogens is 2.